The molecule has 1 aliphatic heterocycles. The fraction of sp³-hybridized carbons (Fsp3) is 0.588. The number of sulfonamides is 1. The molecule has 1 aromatic rings. The van der Waals surface area contributed by atoms with Gasteiger partial charge < -0.3 is 5.32 Å². The molecule has 0 atom stereocenters. The van der Waals surface area contributed by atoms with Crippen LogP contribution in [0.15, 0.2) is 29.2 Å². The van der Waals surface area contributed by atoms with Crippen LogP contribution in [0.5, 0.6) is 0 Å². The van der Waals surface area contributed by atoms with Crippen LogP contribution in [-0.4, -0.2) is 69.0 Å². The van der Waals surface area contributed by atoms with Crippen LogP contribution in [0.4, 0.5) is 13.2 Å². The maximum atomic E-state index is 12.7. The average molecular weight is 407 g/mol. The Kier molecular flexibility index (Phi) is 6.87. The number of halogens is 3. The van der Waals surface area contributed by atoms with Gasteiger partial charge >= 0.3 is 6.18 Å². The van der Waals surface area contributed by atoms with Crippen LogP contribution in [0.3, 0.4) is 0 Å². The van der Waals surface area contributed by atoms with Crippen LogP contribution in [0.2, 0.25) is 0 Å². The van der Waals surface area contributed by atoms with Gasteiger partial charge in [-0.05, 0) is 23.6 Å². The van der Waals surface area contributed by atoms with Crippen molar-refractivity contribution in [2.24, 2.45) is 0 Å². The Morgan fingerprint density at radius 2 is 1.67 bits per heavy atom. The summed E-state index contributed by atoms with van der Waals surface area (Å²) in [5.41, 5.74) is 1.05. The molecule has 0 unspecified atom stereocenters. The second-order valence-corrected chi connectivity index (χ2v) is 8.73. The minimum absolute atomic E-state index is 0.181. The number of carbonyl (C=O) groups excluding carboxylic acids is 1. The molecule has 2 rings (SSSR count). The van der Waals surface area contributed by atoms with E-state index in [0.29, 0.717) is 5.92 Å². The van der Waals surface area contributed by atoms with Crippen molar-refractivity contribution in [3.63, 3.8) is 0 Å². The second-order valence-electron chi connectivity index (χ2n) is 6.80. The molecule has 1 aromatic carbocycles. The Morgan fingerprint density at radius 3 is 2.15 bits per heavy atom. The summed E-state index contributed by atoms with van der Waals surface area (Å²) in [6.07, 6.45) is -4.45. The van der Waals surface area contributed by atoms with Crippen LogP contribution in [-0.2, 0) is 14.8 Å². The number of benzene rings is 1. The van der Waals surface area contributed by atoms with Crippen LogP contribution in [0.25, 0.3) is 0 Å². The third kappa shape index (κ3) is 6.18. The summed E-state index contributed by atoms with van der Waals surface area (Å²) in [6, 6.07) is 6.75. The number of piperazine rings is 1. The smallest absolute Gasteiger partial charge is 0.346 e. The van der Waals surface area contributed by atoms with Crippen LogP contribution in [0, 0.1) is 0 Å². The highest BCUT2D eigenvalue weighted by atomic mass is 32.2. The van der Waals surface area contributed by atoms with Crippen molar-refractivity contribution in [1.29, 1.82) is 0 Å². The summed E-state index contributed by atoms with van der Waals surface area (Å²) < 4.78 is 63.1. The fourth-order valence-corrected chi connectivity index (χ4v) is 4.18. The molecule has 0 radical (unpaired) electrons. The fourth-order valence-electron chi connectivity index (χ4n) is 2.76. The lowest BCUT2D eigenvalue weighted by Gasteiger charge is -2.33. The molecule has 1 saturated heterocycles. The van der Waals surface area contributed by atoms with E-state index in [-0.39, 0.29) is 37.6 Å². The Bertz CT molecular complexity index is 741. The summed E-state index contributed by atoms with van der Waals surface area (Å²) in [6.45, 7) is 3.41. The third-order valence-corrected chi connectivity index (χ3v) is 6.28. The molecule has 27 heavy (non-hydrogen) atoms. The molecule has 10 heteroatoms. The number of amides is 1. The van der Waals surface area contributed by atoms with Crippen LogP contribution < -0.4 is 5.32 Å². The standard InChI is InChI=1S/C17H24F3N3O3S/c1-13(2)14-3-5-15(6-4-14)27(25,26)23-9-7-22(8-10-23)11-16(24)21-12-17(18,19)20/h3-6,13H,7-12H2,1-2H3,(H,21,24). The van der Waals surface area contributed by atoms with Gasteiger partial charge in [0.1, 0.15) is 6.54 Å². The van der Waals surface area contributed by atoms with Gasteiger partial charge in [-0.25, -0.2) is 8.42 Å². The number of rotatable bonds is 6. The van der Waals surface area contributed by atoms with E-state index in [1.54, 1.807) is 29.2 Å². The Balaban J connectivity index is 1.89. The van der Waals surface area contributed by atoms with Crippen molar-refractivity contribution < 1.29 is 26.4 Å². The Hall–Kier alpha value is -1.65. The van der Waals surface area contributed by atoms with Crippen molar-refractivity contribution in [3.8, 4) is 0 Å². The average Bonchev–Trinajstić information content (AvgIpc) is 2.60. The van der Waals surface area contributed by atoms with E-state index < -0.39 is 28.7 Å². The Labute approximate surface area is 157 Å². The van der Waals surface area contributed by atoms with E-state index in [9.17, 15) is 26.4 Å². The van der Waals surface area contributed by atoms with Gasteiger partial charge in [0.05, 0.1) is 11.4 Å². The van der Waals surface area contributed by atoms with Crippen molar-refractivity contribution in [2.75, 3.05) is 39.3 Å². The highest BCUT2D eigenvalue weighted by molar-refractivity contribution is 7.89. The molecule has 1 N–H and O–H groups in total. The zero-order valence-corrected chi connectivity index (χ0v) is 16.1. The van der Waals surface area contributed by atoms with Gasteiger partial charge in [-0.2, -0.15) is 17.5 Å². The van der Waals surface area contributed by atoms with Crippen molar-refractivity contribution >= 4 is 15.9 Å². The van der Waals surface area contributed by atoms with Crippen molar-refractivity contribution in [2.45, 2.75) is 30.8 Å². The lowest BCUT2D eigenvalue weighted by molar-refractivity contribution is -0.139. The summed E-state index contributed by atoms with van der Waals surface area (Å²) in [5, 5.41) is 1.81. The first-order valence-electron chi connectivity index (χ1n) is 8.65. The summed E-state index contributed by atoms with van der Waals surface area (Å²) in [7, 11) is -3.63. The summed E-state index contributed by atoms with van der Waals surface area (Å²) >= 11 is 0. The molecule has 0 bridgehead atoms. The van der Waals surface area contributed by atoms with Gasteiger partial charge in [0.15, 0.2) is 0 Å². The second kappa shape index (κ2) is 8.57. The molecular formula is C17H24F3N3O3S. The predicted octanol–water partition coefficient (Wildman–Crippen LogP) is 1.79. The normalized spacial score (nSPS) is 17.3. The predicted molar refractivity (Wildman–Crippen MR) is 94.8 cm³/mol. The SMILES string of the molecule is CC(C)c1ccc(S(=O)(=O)N2CCN(CC(=O)NCC(F)(F)F)CC2)cc1. The van der Waals surface area contributed by atoms with Gasteiger partial charge in [0.2, 0.25) is 15.9 Å². The molecule has 1 fully saturated rings. The molecule has 1 amide bonds. The number of nitrogens with one attached hydrogen (secondary N) is 1. The van der Waals surface area contributed by atoms with Crippen LogP contribution >= 0.6 is 0 Å². The maximum Gasteiger partial charge on any atom is 0.405 e. The molecule has 1 heterocycles. The number of carbonyl (C=O) groups is 1. The van der Waals surface area contributed by atoms with E-state index >= 15 is 0 Å². The molecule has 0 aliphatic carbocycles. The number of alkyl halides is 3. The van der Waals surface area contributed by atoms with E-state index in [0.717, 1.165) is 5.56 Å². The number of hydrogen-bond acceptors (Lipinski definition) is 4. The lowest BCUT2D eigenvalue weighted by Crippen LogP contribution is -2.51. The molecule has 1 aliphatic rings. The van der Waals surface area contributed by atoms with Gasteiger partial charge in [-0.1, -0.05) is 26.0 Å². The minimum Gasteiger partial charge on any atom is -0.346 e. The summed E-state index contributed by atoms with van der Waals surface area (Å²) in [4.78, 5) is 13.4. The van der Waals surface area contributed by atoms with E-state index in [2.05, 4.69) is 0 Å². The largest absolute Gasteiger partial charge is 0.405 e. The lowest BCUT2D eigenvalue weighted by atomic mass is 10.0. The van der Waals surface area contributed by atoms with E-state index in [1.165, 1.54) is 4.31 Å². The molecule has 0 aromatic heterocycles. The quantitative estimate of drug-likeness (QED) is 0.781. The van der Waals surface area contributed by atoms with Gasteiger partial charge in [0, 0.05) is 26.2 Å². The van der Waals surface area contributed by atoms with E-state index in [4.69, 9.17) is 0 Å². The Morgan fingerprint density at radius 1 is 1.11 bits per heavy atom. The third-order valence-electron chi connectivity index (χ3n) is 4.37. The zero-order chi connectivity index (χ0) is 20.2. The first kappa shape index (κ1) is 21.6. The first-order chi connectivity index (χ1) is 12.5. The molecule has 0 saturated carbocycles. The molecule has 6 nitrogen and oxygen atoms in total. The highest BCUT2D eigenvalue weighted by Gasteiger charge is 2.30. The zero-order valence-electron chi connectivity index (χ0n) is 15.3. The van der Waals surface area contributed by atoms with Crippen LogP contribution in [0.1, 0.15) is 25.3 Å². The van der Waals surface area contributed by atoms with Gasteiger partial charge in [-0.3, -0.25) is 9.69 Å². The maximum absolute atomic E-state index is 12.7. The molecule has 0 spiro atoms. The van der Waals surface area contributed by atoms with Crippen molar-refractivity contribution in [3.05, 3.63) is 29.8 Å². The van der Waals surface area contributed by atoms with E-state index in [1.807, 2.05) is 19.2 Å². The first-order valence-corrected chi connectivity index (χ1v) is 10.1. The number of nitrogens with zero attached hydrogens (tertiary/aromatic N) is 2. The minimum atomic E-state index is -4.45. The molecular weight excluding hydrogens is 383 g/mol. The van der Waals surface area contributed by atoms with Gasteiger partial charge in [0.25, 0.3) is 0 Å². The van der Waals surface area contributed by atoms with Crippen molar-refractivity contribution in [1.82, 2.24) is 14.5 Å². The van der Waals surface area contributed by atoms with Gasteiger partial charge in [-0.15, -0.1) is 0 Å². The molecule has 152 valence electrons. The topological polar surface area (TPSA) is 69.7 Å². The highest BCUT2D eigenvalue weighted by Crippen LogP contribution is 2.21. The number of hydrogen-bond donors (Lipinski definition) is 1. The summed E-state index contributed by atoms with van der Waals surface area (Å²) in [5.74, 6) is -0.429. The monoisotopic (exact) mass is 407 g/mol.